The number of ether oxygens (including phenoxy) is 3. The van der Waals surface area contributed by atoms with Crippen LogP contribution in [0.4, 0.5) is 11.8 Å². The number of hydrogen-bond acceptors (Lipinski definition) is 8. The lowest BCUT2D eigenvalue weighted by Gasteiger charge is -2.27. The van der Waals surface area contributed by atoms with E-state index in [1.54, 1.807) is 44.4 Å². The van der Waals surface area contributed by atoms with Crippen molar-refractivity contribution in [1.82, 2.24) is 15.3 Å². The number of carbonyl (C=O) groups excluding carboxylic acids is 1. The number of anilines is 2. The fraction of sp³-hybridized carbons (Fsp3) is 0.421. The predicted molar refractivity (Wildman–Crippen MR) is 114 cm³/mol. The lowest BCUT2D eigenvalue weighted by Crippen LogP contribution is -2.49. The second kappa shape index (κ2) is 9.62. The van der Waals surface area contributed by atoms with E-state index in [1.165, 1.54) is 0 Å². The van der Waals surface area contributed by atoms with Crippen LogP contribution in [0.5, 0.6) is 11.5 Å². The number of benzene rings is 1. The Kier molecular flexibility index (Phi) is 7.46. The number of aromatic nitrogens is 2. The number of nitrogens with two attached hydrogens (primary N) is 1. The summed E-state index contributed by atoms with van der Waals surface area (Å²) in [4.78, 5) is 23.0. The molecule has 9 nitrogen and oxygen atoms in total. The lowest BCUT2D eigenvalue weighted by atomic mass is 10.2. The maximum atomic E-state index is 12.4. The Bertz CT molecular complexity index is 889. The average molecular weight is 424 g/mol. The molecule has 0 aliphatic carbocycles. The van der Waals surface area contributed by atoms with Gasteiger partial charge < -0.3 is 30.2 Å². The van der Waals surface area contributed by atoms with E-state index in [0.29, 0.717) is 47.2 Å². The van der Waals surface area contributed by atoms with E-state index in [1.807, 2.05) is 0 Å². The fourth-order valence-electron chi connectivity index (χ4n) is 3.09. The molecule has 1 aliphatic rings. The Morgan fingerprint density at radius 1 is 1.38 bits per heavy atom. The number of likely N-dealkylation sites (N-methyl/N-ethyl adjacent to an activating group) is 1. The molecule has 1 aliphatic heterocycles. The molecule has 1 fully saturated rings. The maximum absolute atomic E-state index is 12.4. The van der Waals surface area contributed by atoms with E-state index in [2.05, 4.69) is 21.9 Å². The molecule has 0 spiro atoms. The molecule has 1 saturated heterocycles. The predicted octanol–water partition coefficient (Wildman–Crippen LogP) is 1.89. The van der Waals surface area contributed by atoms with Crippen LogP contribution in [-0.2, 0) is 9.53 Å². The van der Waals surface area contributed by atoms with E-state index in [9.17, 15) is 4.79 Å². The van der Waals surface area contributed by atoms with Crippen molar-refractivity contribution in [3.05, 3.63) is 24.8 Å². The van der Waals surface area contributed by atoms with Crippen molar-refractivity contribution < 1.29 is 19.0 Å². The van der Waals surface area contributed by atoms with Gasteiger partial charge in [-0.05, 0) is 25.0 Å². The summed E-state index contributed by atoms with van der Waals surface area (Å²) in [6.45, 7) is 4.40. The molecule has 3 rings (SSSR count). The van der Waals surface area contributed by atoms with E-state index < -0.39 is 12.3 Å². The third-order valence-corrected chi connectivity index (χ3v) is 4.69. The largest absolute Gasteiger partial charge is 0.493 e. The molecule has 2 aromatic rings. The van der Waals surface area contributed by atoms with Crippen LogP contribution in [0.15, 0.2) is 24.8 Å². The average Bonchev–Trinajstić information content (AvgIpc) is 3.25. The van der Waals surface area contributed by atoms with Gasteiger partial charge >= 0.3 is 0 Å². The van der Waals surface area contributed by atoms with Crippen LogP contribution in [0, 0.1) is 0 Å². The van der Waals surface area contributed by atoms with E-state index in [4.69, 9.17) is 19.9 Å². The quantitative estimate of drug-likeness (QED) is 0.513. The molecule has 3 N–H and O–H groups in total. The second-order valence-electron chi connectivity index (χ2n) is 6.43. The zero-order valence-corrected chi connectivity index (χ0v) is 17.5. The normalized spacial score (nSPS) is 16.6. The Hall–Kier alpha value is -2.78. The number of fused-ring (bicyclic) bond motifs is 1. The molecule has 0 radical (unpaired) electrons. The number of nitrogens with one attached hydrogen (secondary N) is 1. The molecular formula is C19H26ClN5O4. The van der Waals surface area contributed by atoms with Crippen LogP contribution >= 0.6 is 12.4 Å². The molecule has 10 heteroatoms. The standard InChI is InChI=1S/C19H25N5O4.ClH/c1-5-16(22-18(25)13-7-6-8-28-13)24(2)19-21-12-10-15(27-4)14(26-3)9-11(12)17(20)23-19;/h5,9-10,13,16H,1,6-8H2,2-4H3,(H,22,25)(H2,20,21,23);1H. The molecule has 0 saturated carbocycles. The summed E-state index contributed by atoms with van der Waals surface area (Å²) >= 11 is 0. The number of nitrogen functional groups attached to an aromatic ring is 1. The van der Waals surface area contributed by atoms with Gasteiger partial charge in [-0.2, -0.15) is 4.98 Å². The first kappa shape index (κ1) is 22.5. The summed E-state index contributed by atoms with van der Waals surface area (Å²) in [5.74, 6) is 1.53. The minimum atomic E-state index is -0.520. The molecule has 0 bridgehead atoms. The van der Waals surface area contributed by atoms with Crippen molar-refractivity contribution in [1.29, 1.82) is 0 Å². The summed E-state index contributed by atoms with van der Waals surface area (Å²) in [5, 5.41) is 3.54. The first-order valence-electron chi connectivity index (χ1n) is 8.95. The Labute approximate surface area is 175 Å². The number of hydrogen-bond donors (Lipinski definition) is 2. The SMILES string of the molecule is C=CC(NC(=O)C1CCCO1)N(C)c1nc(N)c2cc(OC)c(OC)cc2n1.Cl. The van der Waals surface area contributed by atoms with Gasteiger partial charge in [0.1, 0.15) is 18.1 Å². The van der Waals surface area contributed by atoms with Crippen LogP contribution in [0.1, 0.15) is 12.8 Å². The highest BCUT2D eigenvalue weighted by Crippen LogP contribution is 2.34. The minimum absolute atomic E-state index is 0. The Morgan fingerprint density at radius 3 is 2.66 bits per heavy atom. The summed E-state index contributed by atoms with van der Waals surface area (Å²) < 4.78 is 16.1. The summed E-state index contributed by atoms with van der Waals surface area (Å²) in [6.07, 6.45) is 2.23. The van der Waals surface area contributed by atoms with E-state index in [0.717, 1.165) is 6.42 Å². The van der Waals surface area contributed by atoms with E-state index in [-0.39, 0.29) is 18.3 Å². The van der Waals surface area contributed by atoms with Crippen LogP contribution in [0.3, 0.4) is 0 Å². The number of methoxy groups -OCH3 is 2. The number of carbonyl (C=O) groups is 1. The molecule has 2 unspecified atom stereocenters. The van der Waals surface area contributed by atoms with Gasteiger partial charge in [0.05, 0.1) is 19.7 Å². The highest BCUT2D eigenvalue weighted by atomic mass is 35.5. The maximum Gasteiger partial charge on any atom is 0.250 e. The van der Waals surface area contributed by atoms with Crippen molar-refractivity contribution in [2.75, 3.05) is 38.5 Å². The van der Waals surface area contributed by atoms with Crippen LogP contribution in [0.25, 0.3) is 10.9 Å². The first-order chi connectivity index (χ1) is 13.5. The van der Waals surface area contributed by atoms with Gasteiger partial charge in [0.25, 0.3) is 5.91 Å². The van der Waals surface area contributed by atoms with Gasteiger partial charge in [0.15, 0.2) is 11.5 Å². The van der Waals surface area contributed by atoms with Crippen molar-refractivity contribution in [2.24, 2.45) is 0 Å². The molecule has 2 atom stereocenters. The zero-order valence-electron chi connectivity index (χ0n) is 16.7. The highest BCUT2D eigenvalue weighted by Gasteiger charge is 2.27. The van der Waals surface area contributed by atoms with Gasteiger partial charge in [-0.25, -0.2) is 4.98 Å². The summed E-state index contributed by atoms with van der Waals surface area (Å²) in [5.41, 5.74) is 6.74. The van der Waals surface area contributed by atoms with Crippen LogP contribution in [-0.4, -0.2) is 56.0 Å². The monoisotopic (exact) mass is 423 g/mol. The zero-order chi connectivity index (χ0) is 20.3. The van der Waals surface area contributed by atoms with Crippen molar-refractivity contribution in [3.63, 3.8) is 0 Å². The van der Waals surface area contributed by atoms with Crippen molar-refractivity contribution in [3.8, 4) is 11.5 Å². The fourth-order valence-corrected chi connectivity index (χ4v) is 3.09. The van der Waals surface area contributed by atoms with E-state index >= 15 is 0 Å². The van der Waals surface area contributed by atoms with Crippen molar-refractivity contribution in [2.45, 2.75) is 25.1 Å². The van der Waals surface area contributed by atoms with Crippen LogP contribution < -0.4 is 25.4 Å². The molecule has 1 aromatic carbocycles. The van der Waals surface area contributed by atoms with Gasteiger partial charge in [0.2, 0.25) is 5.95 Å². The molecular weight excluding hydrogens is 398 g/mol. The van der Waals surface area contributed by atoms with Gasteiger partial charge in [0, 0.05) is 25.1 Å². The third kappa shape index (κ3) is 4.63. The topological polar surface area (TPSA) is 112 Å². The van der Waals surface area contributed by atoms with Crippen molar-refractivity contribution >= 4 is 41.0 Å². The van der Waals surface area contributed by atoms with Gasteiger partial charge in [-0.15, -0.1) is 12.4 Å². The number of halogens is 1. The smallest absolute Gasteiger partial charge is 0.250 e. The van der Waals surface area contributed by atoms with Gasteiger partial charge in [-0.3, -0.25) is 4.79 Å². The molecule has 1 aromatic heterocycles. The second-order valence-corrected chi connectivity index (χ2v) is 6.43. The third-order valence-electron chi connectivity index (χ3n) is 4.69. The lowest BCUT2D eigenvalue weighted by molar-refractivity contribution is -0.130. The van der Waals surface area contributed by atoms with Gasteiger partial charge in [-0.1, -0.05) is 6.58 Å². The highest BCUT2D eigenvalue weighted by molar-refractivity contribution is 5.92. The molecule has 2 heterocycles. The molecule has 29 heavy (non-hydrogen) atoms. The Morgan fingerprint density at radius 2 is 2.07 bits per heavy atom. The molecule has 1 amide bonds. The minimum Gasteiger partial charge on any atom is -0.493 e. The number of amides is 1. The molecule has 158 valence electrons. The number of rotatable bonds is 7. The first-order valence-corrected chi connectivity index (χ1v) is 8.95. The number of nitrogens with zero attached hydrogens (tertiary/aromatic N) is 3. The summed E-state index contributed by atoms with van der Waals surface area (Å²) in [7, 11) is 4.85. The summed E-state index contributed by atoms with van der Waals surface area (Å²) in [6, 6.07) is 3.47. The Balaban J connectivity index is 0.00000300. The van der Waals surface area contributed by atoms with Crippen LogP contribution in [0.2, 0.25) is 0 Å².